The van der Waals surface area contributed by atoms with Crippen LogP contribution >= 0.6 is 11.8 Å². The molecule has 66 valence electrons. The van der Waals surface area contributed by atoms with E-state index in [9.17, 15) is 8.42 Å². The molecule has 0 atom stereocenters. The standard InChI is InChI=1S/C5H11ClN2O2S/c1-11(9,10)8-4-2-7(6)3-5-8/h2-5H2,1H3. The highest BCUT2D eigenvalue weighted by Gasteiger charge is 2.21. The van der Waals surface area contributed by atoms with Crippen molar-refractivity contribution in [1.82, 2.24) is 8.72 Å². The molecule has 0 bridgehead atoms. The van der Waals surface area contributed by atoms with E-state index in [0.29, 0.717) is 26.2 Å². The summed E-state index contributed by atoms with van der Waals surface area (Å²) in [6.45, 7) is 2.22. The Balaban J connectivity index is 2.53. The fraction of sp³-hybridized carbons (Fsp3) is 1.00. The summed E-state index contributed by atoms with van der Waals surface area (Å²) < 4.78 is 24.9. The second-order valence-corrected chi connectivity index (χ2v) is 5.03. The molecule has 0 aromatic carbocycles. The molecule has 1 aliphatic rings. The zero-order valence-electron chi connectivity index (χ0n) is 6.33. The van der Waals surface area contributed by atoms with Crippen molar-refractivity contribution in [3.63, 3.8) is 0 Å². The summed E-state index contributed by atoms with van der Waals surface area (Å²) in [6.07, 6.45) is 1.22. The summed E-state index contributed by atoms with van der Waals surface area (Å²) in [5.41, 5.74) is 0. The van der Waals surface area contributed by atoms with Gasteiger partial charge in [0.1, 0.15) is 0 Å². The number of halogens is 1. The minimum atomic E-state index is -3.00. The van der Waals surface area contributed by atoms with E-state index in [1.54, 1.807) is 4.42 Å². The van der Waals surface area contributed by atoms with Gasteiger partial charge in [0, 0.05) is 26.2 Å². The monoisotopic (exact) mass is 198 g/mol. The van der Waals surface area contributed by atoms with Gasteiger partial charge in [-0.1, -0.05) is 0 Å². The van der Waals surface area contributed by atoms with Crippen LogP contribution in [0.5, 0.6) is 0 Å². The van der Waals surface area contributed by atoms with Crippen LogP contribution < -0.4 is 0 Å². The Morgan fingerprint density at radius 3 is 2.00 bits per heavy atom. The first-order chi connectivity index (χ1) is 5.00. The Kier molecular flexibility index (Phi) is 2.74. The van der Waals surface area contributed by atoms with Crippen molar-refractivity contribution in [1.29, 1.82) is 0 Å². The molecule has 1 aliphatic heterocycles. The summed E-state index contributed by atoms with van der Waals surface area (Å²) in [4.78, 5) is 0. The van der Waals surface area contributed by atoms with Crippen molar-refractivity contribution in [3.8, 4) is 0 Å². The minimum Gasteiger partial charge on any atom is -0.218 e. The molecule has 1 heterocycles. The van der Waals surface area contributed by atoms with Crippen molar-refractivity contribution in [2.24, 2.45) is 0 Å². The van der Waals surface area contributed by atoms with Gasteiger partial charge in [0.15, 0.2) is 0 Å². The molecule has 4 nitrogen and oxygen atoms in total. The second-order valence-electron chi connectivity index (χ2n) is 2.57. The van der Waals surface area contributed by atoms with Gasteiger partial charge in [0.2, 0.25) is 10.0 Å². The first-order valence-corrected chi connectivity index (χ1v) is 5.54. The average Bonchev–Trinajstić information content (AvgIpc) is 1.86. The molecule has 0 N–H and O–H groups in total. The molecule has 0 aromatic rings. The van der Waals surface area contributed by atoms with E-state index >= 15 is 0 Å². The molecule has 0 spiro atoms. The molecule has 6 heteroatoms. The Morgan fingerprint density at radius 1 is 1.18 bits per heavy atom. The van der Waals surface area contributed by atoms with Crippen molar-refractivity contribution in [3.05, 3.63) is 0 Å². The highest BCUT2D eigenvalue weighted by Crippen LogP contribution is 2.06. The molecule has 11 heavy (non-hydrogen) atoms. The summed E-state index contributed by atoms with van der Waals surface area (Å²) in [7, 11) is -3.00. The van der Waals surface area contributed by atoms with E-state index in [1.807, 2.05) is 0 Å². The number of hydrogen-bond acceptors (Lipinski definition) is 3. The maximum absolute atomic E-state index is 11.0. The van der Waals surface area contributed by atoms with Crippen LogP contribution in [0.15, 0.2) is 0 Å². The average molecular weight is 199 g/mol. The molecule has 0 saturated carbocycles. The molecule has 1 saturated heterocycles. The molecule has 1 fully saturated rings. The lowest BCUT2D eigenvalue weighted by atomic mass is 10.4. The van der Waals surface area contributed by atoms with E-state index in [1.165, 1.54) is 10.6 Å². The summed E-state index contributed by atoms with van der Waals surface area (Å²) in [6, 6.07) is 0. The van der Waals surface area contributed by atoms with E-state index in [0.717, 1.165) is 0 Å². The van der Waals surface area contributed by atoms with E-state index in [2.05, 4.69) is 0 Å². The number of hydrogen-bond donors (Lipinski definition) is 0. The van der Waals surface area contributed by atoms with Gasteiger partial charge in [-0.15, -0.1) is 0 Å². The first kappa shape index (κ1) is 9.25. The third-order valence-corrected chi connectivity index (χ3v) is 3.29. The maximum Gasteiger partial charge on any atom is 0.211 e. The number of rotatable bonds is 1. The third-order valence-electron chi connectivity index (χ3n) is 1.65. The zero-order valence-corrected chi connectivity index (χ0v) is 7.90. The van der Waals surface area contributed by atoms with Crippen LogP contribution in [-0.2, 0) is 10.0 Å². The van der Waals surface area contributed by atoms with E-state index in [-0.39, 0.29) is 0 Å². The lowest BCUT2D eigenvalue weighted by Gasteiger charge is -2.28. The molecule has 0 amide bonds. The van der Waals surface area contributed by atoms with E-state index in [4.69, 9.17) is 11.8 Å². The molecule has 0 radical (unpaired) electrons. The summed E-state index contributed by atoms with van der Waals surface area (Å²) >= 11 is 5.64. The number of nitrogens with zero attached hydrogens (tertiary/aromatic N) is 2. The fourth-order valence-electron chi connectivity index (χ4n) is 0.995. The fourth-order valence-corrected chi connectivity index (χ4v) is 1.97. The molecular formula is C5H11ClN2O2S. The highest BCUT2D eigenvalue weighted by molar-refractivity contribution is 7.88. The van der Waals surface area contributed by atoms with Gasteiger partial charge < -0.3 is 0 Å². The van der Waals surface area contributed by atoms with Crippen molar-refractivity contribution >= 4 is 21.8 Å². The lowest BCUT2D eigenvalue weighted by molar-refractivity contribution is 0.283. The predicted molar refractivity (Wildman–Crippen MR) is 43.8 cm³/mol. The van der Waals surface area contributed by atoms with Gasteiger partial charge >= 0.3 is 0 Å². The largest absolute Gasteiger partial charge is 0.218 e. The van der Waals surface area contributed by atoms with Crippen LogP contribution in [-0.4, -0.2) is 49.6 Å². The predicted octanol–water partition coefficient (Wildman–Crippen LogP) is -0.283. The maximum atomic E-state index is 11.0. The lowest BCUT2D eigenvalue weighted by Crippen LogP contribution is -2.44. The summed E-state index contributed by atoms with van der Waals surface area (Å²) in [5, 5.41) is 0. The normalized spacial score (nSPS) is 23.8. The van der Waals surface area contributed by atoms with Crippen LogP contribution in [0.4, 0.5) is 0 Å². The Hall–Kier alpha value is 0.160. The van der Waals surface area contributed by atoms with Gasteiger partial charge in [-0.25, -0.2) is 12.8 Å². The molecule has 0 unspecified atom stereocenters. The second kappa shape index (κ2) is 3.26. The van der Waals surface area contributed by atoms with E-state index < -0.39 is 10.0 Å². The van der Waals surface area contributed by atoms with Crippen LogP contribution in [0, 0.1) is 0 Å². The van der Waals surface area contributed by atoms with Gasteiger partial charge in [-0.2, -0.15) is 4.31 Å². The minimum absolute atomic E-state index is 0.502. The number of piperazine rings is 1. The molecule has 1 rings (SSSR count). The topological polar surface area (TPSA) is 40.6 Å². The SMILES string of the molecule is CS(=O)(=O)N1CCN(Cl)CC1. The van der Waals surface area contributed by atoms with Crippen LogP contribution in [0.25, 0.3) is 0 Å². The quantitative estimate of drug-likeness (QED) is 0.544. The summed E-state index contributed by atoms with van der Waals surface area (Å²) in [5.74, 6) is 0. The van der Waals surface area contributed by atoms with Crippen molar-refractivity contribution in [2.75, 3.05) is 32.4 Å². The number of sulfonamides is 1. The van der Waals surface area contributed by atoms with Gasteiger partial charge in [0.05, 0.1) is 6.26 Å². The molecule has 0 aromatic heterocycles. The Morgan fingerprint density at radius 2 is 1.64 bits per heavy atom. The molecular weight excluding hydrogens is 188 g/mol. The van der Waals surface area contributed by atoms with Crippen molar-refractivity contribution < 1.29 is 8.42 Å². The van der Waals surface area contributed by atoms with Gasteiger partial charge in [0.25, 0.3) is 0 Å². The molecule has 0 aliphatic carbocycles. The Labute approximate surface area is 71.9 Å². The smallest absolute Gasteiger partial charge is 0.211 e. The highest BCUT2D eigenvalue weighted by atomic mass is 35.5. The van der Waals surface area contributed by atoms with Gasteiger partial charge in [-0.05, 0) is 11.8 Å². The van der Waals surface area contributed by atoms with Crippen molar-refractivity contribution in [2.45, 2.75) is 0 Å². The first-order valence-electron chi connectivity index (χ1n) is 3.36. The third kappa shape index (κ3) is 2.59. The van der Waals surface area contributed by atoms with Crippen LogP contribution in [0.2, 0.25) is 0 Å². The van der Waals surface area contributed by atoms with Crippen LogP contribution in [0.1, 0.15) is 0 Å². The van der Waals surface area contributed by atoms with Gasteiger partial charge in [-0.3, -0.25) is 0 Å². The van der Waals surface area contributed by atoms with Crippen LogP contribution in [0.3, 0.4) is 0 Å². The zero-order chi connectivity index (χ0) is 8.48. The Bertz CT molecular complexity index is 221.